The summed E-state index contributed by atoms with van der Waals surface area (Å²) in [4.78, 5) is 14.7. The van der Waals surface area contributed by atoms with Gasteiger partial charge in [0.25, 0.3) is 0 Å². The molecule has 3 nitrogen and oxygen atoms in total. The van der Waals surface area contributed by atoms with Crippen molar-refractivity contribution >= 4 is 39.7 Å². The molecule has 0 saturated heterocycles. The molecule has 0 bridgehead atoms. The summed E-state index contributed by atoms with van der Waals surface area (Å²) in [6.07, 6.45) is 3.88. The number of benzene rings is 1. The minimum atomic E-state index is -1.11. The third kappa shape index (κ3) is 4.68. The number of thioether (sulfide) groups is 1. The maximum absolute atomic E-state index is 13.6. The first-order valence-corrected chi connectivity index (χ1v) is 7.77. The van der Waals surface area contributed by atoms with E-state index in [2.05, 4.69) is 20.9 Å². The number of carbonyl (C=O) groups is 1. The summed E-state index contributed by atoms with van der Waals surface area (Å²) in [6.45, 7) is 0. The van der Waals surface area contributed by atoms with Gasteiger partial charge in [-0.05, 0) is 51.8 Å². The van der Waals surface area contributed by atoms with Gasteiger partial charge in [0.1, 0.15) is 10.8 Å². The molecule has 0 saturated carbocycles. The highest BCUT2D eigenvalue weighted by atomic mass is 79.9. The van der Waals surface area contributed by atoms with Gasteiger partial charge in [-0.1, -0.05) is 6.07 Å². The Labute approximate surface area is 134 Å². The topological polar surface area (TPSA) is 50.2 Å². The molecule has 0 aliphatic rings. The van der Waals surface area contributed by atoms with Gasteiger partial charge in [0.05, 0.1) is 0 Å². The first-order valence-electron chi connectivity index (χ1n) is 5.99. The normalized spacial score (nSPS) is 11.0. The maximum atomic E-state index is 13.6. The molecule has 1 aromatic heterocycles. The van der Waals surface area contributed by atoms with Crippen LogP contribution in [-0.4, -0.2) is 16.1 Å². The highest BCUT2D eigenvalue weighted by Crippen LogP contribution is 2.28. The van der Waals surface area contributed by atoms with Crippen molar-refractivity contribution in [2.75, 3.05) is 0 Å². The number of aliphatic carboxylic acids is 1. The van der Waals surface area contributed by atoms with Crippen molar-refractivity contribution in [1.82, 2.24) is 4.98 Å². The van der Waals surface area contributed by atoms with Crippen molar-refractivity contribution in [2.45, 2.75) is 10.8 Å². The molecule has 1 N–H and O–H groups in total. The van der Waals surface area contributed by atoms with Crippen LogP contribution in [0.4, 0.5) is 4.39 Å². The Hall–Kier alpha value is -1.66. The summed E-state index contributed by atoms with van der Waals surface area (Å²) in [7, 11) is 0. The quantitative estimate of drug-likeness (QED) is 0.629. The fourth-order valence-electron chi connectivity index (χ4n) is 1.60. The zero-order chi connectivity index (χ0) is 15.2. The monoisotopic (exact) mass is 367 g/mol. The SMILES string of the molecule is O=C(O)C=Cc1cc(CSc2ncccc2Br)ccc1F. The molecule has 0 radical (unpaired) electrons. The molecule has 0 amide bonds. The van der Waals surface area contributed by atoms with E-state index in [0.29, 0.717) is 5.75 Å². The van der Waals surface area contributed by atoms with Crippen LogP contribution < -0.4 is 0 Å². The molecule has 0 aliphatic carbocycles. The zero-order valence-electron chi connectivity index (χ0n) is 10.8. The van der Waals surface area contributed by atoms with Crippen LogP contribution in [0, 0.1) is 5.82 Å². The Kier molecular flexibility index (Phi) is 5.52. The second kappa shape index (κ2) is 7.38. The predicted octanol–water partition coefficient (Wildman–Crippen LogP) is 4.37. The van der Waals surface area contributed by atoms with E-state index in [0.717, 1.165) is 21.1 Å². The number of hydrogen-bond acceptors (Lipinski definition) is 3. The van der Waals surface area contributed by atoms with E-state index >= 15 is 0 Å². The van der Waals surface area contributed by atoms with E-state index in [1.165, 1.54) is 23.9 Å². The van der Waals surface area contributed by atoms with Crippen LogP contribution in [0.15, 0.2) is 52.1 Å². The van der Waals surface area contributed by atoms with E-state index in [4.69, 9.17) is 5.11 Å². The van der Waals surface area contributed by atoms with Crippen LogP contribution in [0.25, 0.3) is 6.08 Å². The Morgan fingerprint density at radius 2 is 2.24 bits per heavy atom. The first kappa shape index (κ1) is 15.7. The highest BCUT2D eigenvalue weighted by Gasteiger charge is 2.05. The van der Waals surface area contributed by atoms with Gasteiger partial charge in [-0.15, -0.1) is 11.8 Å². The third-order valence-electron chi connectivity index (χ3n) is 2.57. The van der Waals surface area contributed by atoms with Gasteiger partial charge >= 0.3 is 5.97 Å². The summed E-state index contributed by atoms with van der Waals surface area (Å²) in [5.41, 5.74) is 1.15. The molecule has 1 aromatic carbocycles. The van der Waals surface area contributed by atoms with Gasteiger partial charge < -0.3 is 5.11 Å². The lowest BCUT2D eigenvalue weighted by Crippen LogP contribution is -1.90. The zero-order valence-corrected chi connectivity index (χ0v) is 13.2. The number of carboxylic acid groups (broad SMARTS) is 1. The van der Waals surface area contributed by atoms with Crippen molar-refractivity contribution in [3.8, 4) is 0 Å². The minimum absolute atomic E-state index is 0.260. The standard InChI is InChI=1S/C15H11BrFNO2S/c16-12-2-1-7-18-15(12)21-9-10-3-5-13(17)11(8-10)4-6-14(19)20/h1-8H,9H2,(H,19,20). The summed E-state index contributed by atoms with van der Waals surface area (Å²) in [5, 5.41) is 9.44. The molecule has 0 fully saturated rings. The van der Waals surface area contributed by atoms with E-state index in [1.807, 2.05) is 12.1 Å². The number of rotatable bonds is 5. The highest BCUT2D eigenvalue weighted by molar-refractivity contribution is 9.10. The maximum Gasteiger partial charge on any atom is 0.328 e. The summed E-state index contributed by atoms with van der Waals surface area (Å²) >= 11 is 4.94. The van der Waals surface area contributed by atoms with Crippen LogP contribution >= 0.6 is 27.7 Å². The summed E-state index contributed by atoms with van der Waals surface area (Å²) in [6, 6.07) is 8.39. The van der Waals surface area contributed by atoms with Gasteiger partial charge in [0.15, 0.2) is 0 Å². The smallest absolute Gasteiger partial charge is 0.328 e. The molecular formula is C15H11BrFNO2S. The Morgan fingerprint density at radius 1 is 1.43 bits per heavy atom. The van der Waals surface area contributed by atoms with Crippen LogP contribution in [0.2, 0.25) is 0 Å². The minimum Gasteiger partial charge on any atom is -0.478 e. The summed E-state index contributed by atoms with van der Waals surface area (Å²) < 4.78 is 14.5. The molecule has 0 spiro atoms. The number of halogens is 2. The average molecular weight is 368 g/mol. The lowest BCUT2D eigenvalue weighted by atomic mass is 10.1. The molecule has 108 valence electrons. The Balaban J connectivity index is 2.12. The second-order valence-corrected chi connectivity index (χ2v) is 5.92. The van der Waals surface area contributed by atoms with Crippen LogP contribution in [0.1, 0.15) is 11.1 Å². The molecule has 21 heavy (non-hydrogen) atoms. The number of carboxylic acids is 1. The molecule has 2 aromatic rings. The van der Waals surface area contributed by atoms with Crippen molar-refractivity contribution in [3.05, 3.63) is 64.0 Å². The molecule has 2 rings (SSSR count). The Bertz CT molecular complexity index is 691. The van der Waals surface area contributed by atoms with Gasteiger partial charge in [0, 0.05) is 28.1 Å². The summed E-state index contributed by atoms with van der Waals surface area (Å²) in [5.74, 6) is -0.934. The van der Waals surface area contributed by atoms with E-state index in [-0.39, 0.29) is 5.56 Å². The van der Waals surface area contributed by atoms with Gasteiger partial charge in [-0.2, -0.15) is 0 Å². The number of hydrogen-bond donors (Lipinski definition) is 1. The van der Waals surface area contributed by atoms with Gasteiger partial charge in [-0.3, -0.25) is 0 Å². The fraction of sp³-hybridized carbons (Fsp3) is 0.0667. The number of nitrogens with zero attached hydrogens (tertiary/aromatic N) is 1. The van der Waals surface area contributed by atoms with Crippen molar-refractivity contribution in [1.29, 1.82) is 0 Å². The van der Waals surface area contributed by atoms with Crippen molar-refractivity contribution in [2.24, 2.45) is 0 Å². The Morgan fingerprint density at radius 3 is 2.95 bits per heavy atom. The molecule has 0 atom stereocenters. The van der Waals surface area contributed by atoms with Gasteiger partial charge in [0.2, 0.25) is 0 Å². The number of aromatic nitrogens is 1. The third-order valence-corrected chi connectivity index (χ3v) is 4.54. The molecule has 6 heteroatoms. The van der Waals surface area contributed by atoms with Gasteiger partial charge in [-0.25, -0.2) is 14.2 Å². The van der Waals surface area contributed by atoms with Crippen LogP contribution in [0.3, 0.4) is 0 Å². The largest absolute Gasteiger partial charge is 0.478 e. The van der Waals surface area contributed by atoms with Crippen LogP contribution in [0.5, 0.6) is 0 Å². The predicted molar refractivity (Wildman–Crippen MR) is 84.6 cm³/mol. The second-order valence-electron chi connectivity index (χ2n) is 4.11. The lowest BCUT2D eigenvalue weighted by molar-refractivity contribution is -0.131. The first-order chi connectivity index (χ1) is 10.1. The van der Waals surface area contributed by atoms with E-state index < -0.39 is 11.8 Å². The van der Waals surface area contributed by atoms with E-state index in [1.54, 1.807) is 18.3 Å². The van der Waals surface area contributed by atoms with Crippen molar-refractivity contribution in [3.63, 3.8) is 0 Å². The van der Waals surface area contributed by atoms with Crippen LogP contribution in [-0.2, 0) is 10.5 Å². The lowest BCUT2D eigenvalue weighted by Gasteiger charge is -2.05. The molecule has 1 heterocycles. The number of pyridine rings is 1. The fourth-order valence-corrected chi connectivity index (χ4v) is 3.02. The molecule has 0 unspecified atom stereocenters. The van der Waals surface area contributed by atoms with Crippen molar-refractivity contribution < 1.29 is 14.3 Å². The average Bonchev–Trinajstić information content (AvgIpc) is 2.46. The van der Waals surface area contributed by atoms with E-state index in [9.17, 15) is 9.18 Å². The molecule has 0 aliphatic heterocycles. The molecular weight excluding hydrogens is 357 g/mol.